The fourth-order valence-corrected chi connectivity index (χ4v) is 2.32. The highest BCUT2D eigenvalue weighted by atomic mass is 79.9. The van der Waals surface area contributed by atoms with Gasteiger partial charge in [0.2, 0.25) is 0 Å². The highest BCUT2D eigenvalue weighted by Crippen LogP contribution is 2.20. The molecule has 3 heteroatoms. The summed E-state index contributed by atoms with van der Waals surface area (Å²) < 4.78 is 6.41. The van der Waals surface area contributed by atoms with Crippen LogP contribution in [0.1, 0.15) is 23.6 Å². The molecule has 0 unspecified atom stereocenters. The molecule has 0 saturated carbocycles. The Morgan fingerprint density at radius 1 is 1.16 bits per heavy atom. The molecule has 2 aromatic rings. The molecule has 0 N–H and O–H groups in total. The summed E-state index contributed by atoms with van der Waals surface area (Å²) in [7, 11) is 0. The van der Waals surface area contributed by atoms with Crippen LogP contribution in [0.15, 0.2) is 46.9 Å². The third-order valence-electron chi connectivity index (χ3n) is 2.82. The first-order valence-electron chi connectivity index (χ1n) is 6.13. The minimum atomic E-state index is 0.670. The van der Waals surface area contributed by atoms with Crippen molar-refractivity contribution in [2.45, 2.75) is 13.3 Å². The molecule has 0 aliphatic carbocycles. The summed E-state index contributed by atoms with van der Waals surface area (Å²) in [5.74, 6) is 0.876. The van der Waals surface area contributed by atoms with Crippen molar-refractivity contribution >= 4 is 15.9 Å². The van der Waals surface area contributed by atoms with Crippen LogP contribution in [0.3, 0.4) is 0 Å². The molecule has 0 spiro atoms. The lowest BCUT2D eigenvalue weighted by Gasteiger charge is -2.07. The van der Waals surface area contributed by atoms with Crippen molar-refractivity contribution in [1.29, 1.82) is 5.26 Å². The van der Waals surface area contributed by atoms with Gasteiger partial charge in [-0.3, -0.25) is 0 Å². The second-order valence-corrected chi connectivity index (χ2v) is 5.08. The van der Waals surface area contributed by atoms with Gasteiger partial charge >= 0.3 is 0 Å². The van der Waals surface area contributed by atoms with E-state index in [9.17, 15) is 0 Å². The summed E-state index contributed by atoms with van der Waals surface area (Å²) in [6.45, 7) is 2.64. The van der Waals surface area contributed by atoms with Crippen molar-refractivity contribution in [3.63, 3.8) is 0 Å². The number of nitrogens with zero attached hydrogens (tertiary/aromatic N) is 1. The number of ether oxygens (including phenoxy) is 1. The summed E-state index contributed by atoms with van der Waals surface area (Å²) in [5.41, 5.74) is 2.91. The molecule has 0 atom stereocenters. The standard InChI is InChI=1S/C16H14BrNO/c1-2-19-16-7-3-12(4-8-16)9-14-10-15(17)6-5-13(14)11-18/h3-8,10H,2,9H2,1H3. The van der Waals surface area contributed by atoms with Crippen LogP contribution < -0.4 is 4.74 Å². The normalized spacial score (nSPS) is 9.95. The van der Waals surface area contributed by atoms with Gasteiger partial charge in [-0.15, -0.1) is 0 Å². The van der Waals surface area contributed by atoms with Crippen LogP contribution in [0.5, 0.6) is 5.75 Å². The quantitative estimate of drug-likeness (QED) is 0.842. The third-order valence-corrected chi connectivity index (χ3v) is 3.31. The smallest absolute Gasteiger partial charge is 0.119 e. The molecule has 0 amide bonds. The van der Waals surface area contributed by atoms with E-state index < -0.39 is 0 Å². The summed E-state index contributed by atoms with van der Waals surface area (Å²) in [5, 5.41) is 9.12. The van der Waals surface area contributed by atoms with Gasteiger partial charge in [0.05, 0.1) is 18.2 Å². The Hall–Kier alpha value is -1.79. The first-order valence-corrected chi connectivity index (χ1v) is 6.92. The Bertz CT molecular complexity index is 599. The van der Waals surface area contributed by atoms with E-state index in [1.165, 1.54) is 0 Å². The molecule has 2 nitrogen and oxygen atoms in total. The van der Waals surface area contributed by atoms with Crippen LogP contribution in [-0.2, 0) is 6.42 Å². The zero-order valence-electron chi connectivity index (χ0n) is 10.7. The molecule has 0 radical (unpaired) electrons. The molecule has 2 rings (SSSR count). The van der Waals surface area contributed by atoms with E-state index in [-0.39, 0.29) is 0 Å². The second-order valence-electron chi connectivity index (χ2n) is 4.17. The van der Waals surface area contributed by atoms with E-state index in [2.05, 4.69) is 22.0 Å². The number of rotatable bonds is 4. The van der Waals surface area contributed by atoms with Crippen LogP contribution in [0.4, 0.5) is 0 Å². The van der Waals surface area contributed by atoms with E-state index in [1.807, 2.05) is 49.4 Å². The minimum absolute atomic E-state index is 0.670. The average Bonchev–Trinajstić information content (AvgIpc) is 2.42. The highest BCUT2D eigenvalue weighted by Gasteiger charge is 2.04. The van der Waals surface area contributed by atoms with Gasteiger partial charge in [0.25, 0.3) is 0 Å². The van der Waals surface area contributed by atoms with E-state index in [1.54, 1.807) is 0 Å². The fraction of sp³-hybridized carbons (Fsp3) is 0.188. The number of benzene rings is 2. The molecule has 0 fully saturated rings. The highest BCUT2D eigenvalue weighted by molar-refractivity contribution is 9.10. The number of nitriles is 1. The summed E-state index contributed by atoms with van der Waals surface area (Å²) in [6.07, 6.45) is 0.745. The van der Waals surface area contributed by atoms with Gasteiger partial charge in [0.1, 0.15) is 5.75 Å². The van der Waals surface area contributed by atoms with E-state index >= 15 is 0 Å². The predicted molar refractivity (Wildman–Crippen MR) is 79.3 cm³/mol. The lowest BCUT2D eigenvalue weighted by atomic mass is 10.0. The maximum absolute atomic E-state index is 9.12. The van der Waals surface area contributed by atoms with Crippen molar-refractivity contribution in [3.05, 3.63) is 63.6 Å². The lowest BCUT2D eigenvalue weighted by Crippen LogP contribution is -1.94. The molecule has 2 aromatic carbocycles. The molecule has 0 bridgehead atoms. The van der Waals surface area contributed by atoms with Crippen LogP contribution in [0.2, 0.25) is 0 Å². The molecular weight excluding hydrogens is 302 g/mol. The largest absolute Gasteiger partial charge is 0.494 e. The van der Waals surface area contributed by atoms with Crippen molar-refractivity contribution in [3.8, 4) is 11.8 Å². The maximum Gasteiger partial charge on any atom is 0.119 e. The molecule has 96 valence electrons. The Balaban J connectivity index is 2.21. The second kappa shape index (κ2) is 6.40. The summed E-state index contributed by atoms with van der Waals surface area (Å²) in [6, 6.07) is 15.9. The van der Waals surface area contributed by atoms with Crippen LogP contribution >= 0.6 is 15.9 Å². The third kappa shape index (κ3) is 3.59. The van der Waals surface area contributed by atoms with Gasteiger partial charge in [-0.05, 0) is 54.8 Å². The van der Waals surface area contributed by atoms with Gasteiger partial charge < -0.3 is 4.74 Å². The van der Waals surface area contributed by atoms with E-state index in [0.29, 0.717) is 6.61 Å². The Morgan fingerprint density at radius 2 is 1.89 bits per heavy atom. The predicted octanol–water partition coefficient (Wildman–Crippen LogP) is 4.31. The van der Waals surface area contributed by atoms with Crippen LogP contribution in [0.25, 0.3) is 0 Å². The molecule has 0 aliphatic heterocycles. The topological polar surface area (TPSA) is 33.0 Å². The zero-order chi connectivity index (χ0) is 13.7. The lowest BCUT2D eigenvalue weighted by molar-refractivity contribution is 0.340. The first-order chi connectivity index (χ1) is 9.22. The van der Waals surface area contributed by atoms with Crippen molar-refractivity contribution in [2.24, 2.45) is 0 Å². The number of halogens is 1. The van der Waals surface area contributed by atoms with Crippen LogP contribution in [-0.4, -0.2) is 6.61 Å². The van der Waals surface area contributed by atoms with E-state index in [0.717, 1.165) is 33.3 Å². The Labute approximate surface area is 121 Å². The van der Waals surface area contributed by atoms with Crippen molar-refractivity contribution in [2.75, 3.05) is 6.61 Å². The van der Waals surface area contributed by atoms with Gasteiger partial charge in [0.15, 0.2) is 0 Å². The zero-order valence-corrected chi connectivity index (χ0v) is 12.3. The Morgan fingerprint density at radius 3 is 2.53 bits per heavy atom. The first kappa shape index (κ1) is 13.6. The molecule has 0 saturated heterocycles. The van der Waals surface area contributed by atoms with Crippen LogP contribution in [0, 0.1) is 11.3 Å². The molecule has 0 aromatic heterocycles. The SMILES string of the molecule is CCOc1ccc(Cc2cc(Br)ccc2C#N)cc1. The van der Waals surface area contributed by atoms with Gasteiger partial charge in [0, 0.05) is 4.47 Å². The van der Waals surface area contributed by atoms with Crippen molar-refractivity contribution < 1.29 is 4.74 Å². The minimum Gasteiger partial charge on any atom is -0.494 e. The molecule has 0 aliphatic rings. The molecule has 19 heavy (non-hydrogen) atoms. The summed E-state index contributed by atoms with van der Waals surface area (Å²) in [4.78, 5) is 0. The summed E-state index contributed by atoms with van der Waals surface area (Å²) >= 11 is 3.44. The fourth-order valence-electron chi connectivity index (χ4n) is 1.91. The monoisotopic (exact) mass is 315 g/mol. The van der Waals surface area contributed by atoms with Gasteiger partial charge in [-0.1, -0.05) is 28.1 Å². The van der Waals surface area contributed by atoms with Gasteiger partial charge in [-0.2, -0.15) is 5.26 Å². The Kier molecular flexibility index (Phi) is 4.59. The average molecular weight is 316 g/mol. The van der Waals surface area contributed by atoms with Gasteiger partial charge in [-0.25, -0.2) is 0 Å². The number of hydrogen-bond donors (Lipinski definition) is 0. The number of hydrogen-bond acceptors (Lipinski definition) is 2. The molecule has 0 heterocycles. The maximum atomic E-state index is 9.12. The van der Waals surface area contributed by atoms with Crippen molar-refractivity contribution in [1.82, 2.24) is 0 Å². The van der Waals surface area contributed by atoms with E-state index in [4.69, 9.17) is 10.00 Å². The molecular formula is C16H14BrNO.